The molecule has 0 aliphatic carbocycles. The Morgan fingerprint density at radius 1 is 0.949 bits per heavy atom. The zero-order valence-corrected chi connectivity index (χ0v) is 22.9. The van der Waals surface area contributed by atoms with E-state index in [9.17, 15) is 4.79 Å². The van der Waals surface area contributed by atoms with E-state index in [1.807, 2.05) is 64.1 Å². The summed E-state index contributed by atoms with van der Waals surface area (Å²) in [7, 11) is 0. The number of amides is 1. The summed E-state index contributed by atoms with van der Waals surface area (Å²) >= 11 is 0. The molecule has 0 radical (unpaired) electrons. The smallest absolute Gasteiger partial charge is 0.255 e. The predicted octanol–water partition coefficient (Wildman–Crippen LogP) is 6.11. The van der Waals surface area contributed by atoms with E-state index in [1.165, 1.54) is 11.9 Å². The molecule has 4 aromatic rings. The zero-order valence-electron chi connectivity index (χ0n) is 22.9. The molecule has 2 N–H and O–H groups in total. The number of benzene rings is 3. The first-order valence-electron chi connectivity index (χ1n) is 13.0. The Kier molecular flexibility index (Phi) is 7.36. The van der Waals surface area contributed by atoms with Crippen molar-refractivity contribution >= 4 is 17.5 Å². The molecule has 1 aromatic heterocycles. The van der Waals surface area contributed by atoms with Crippen LogP contribution in [0.4, 0.5) is 11.6 Å². The highest BCUT2D eigenvalue weighted by molar-refractivity contribution is 6.06. The molecule has 1 unspecified atom stereocenters. The Morgan fingerprint density at radius 3 is 2.46 bits per heavy atom. The monoisotopic (exact) mass is 523 g/mol. The summed E-state index contributed by atoms with van der Waals surface area (Å²) < 4.78 is 13.9. The molecule has 0 fully saturated rings. The molecule has 1 aliphatic rings. The van der Waals surface area contributed by atoms with Crippen molar-refractivity contribution in [2.24, 2.45) is 0 Å². The van der Waals surface area contributed by atoms with E-state index in [0.29, 0.717) is 41.9 Å². The number of ether oxygens (including phenoxy) is 2. The van der Waals surface area contributed by atoms with Gasteiger partial charge in [-0.3, -0.25) is 4.79 Å². The average Bonchev–Trinajstić information content (AvgIpc) is 3.38. The molecule has 1 aliphatic heterocycles. The van der Waals surface area contributed by atoms with Gasteiger partial charge < -0.3 is 20.1 Å². The molecular formula is C31H33N5O3. The van der Waals surface area contributed by atoms with Crippen LogP contribution in [0.25, 0.3) is 0 Å². The van der Waals surface area contributed by atoms with Gasteiger partial charge in [-0.15, -0.1) is 0 Å². The minimum Gasteiger partial charge on any atom is -0.490 e. The minimum atomic E-state index is -0.514. The molecule has 3 aromatic carbocycles. The average molecular weight is 524 g/mol. The predicted molar refractivity (Wildman–Crippen MR) is 152 cm³/mol. The number of anilines is 2. The van der Waals surface area contributed by atoms with Gasteiger partial charge in [-0.05, 0) is 69.5 Å². The van der Waals surface area contributed by atoms with Crippen molar-refractivity contribution in [1.29, 1.82) is 0 Å². The number of hydrogen-bond donors (Lipinski definition) is 2. The van der Waals surface area contributed by atoms with Gasteiger partial charge in [-0.1, -0.05) is 53.6 Å². The van der Waals surface area contributed by atoms with E-state index in [0.717, 1.165) is 27.9 Å². The number of nitrogens with zero attached hydrogens (tertiary/aromatic N) is 3. The second kappa shape index (κ2) is 11.0. The first kappa shape index (κ1) is 26.0. The Bertz CT molecular complexity index is 1540. The number of fused-ring (bicyclic) bond motifs is 1. The normalized spacial score (nSPS) is 14.4. The standard InChI is InChI=1S/C31H33N5O3/c1-6-38-27-16-24(12-14-26(27)39-17-23-10-7-19(2)8-11-23)29-28(22(5)34-31-32-18-33-36(29)31)30(37)35-25-13-9-20(3)15-21(25)4/h7-16,18,29H,6,17H2,1-5H3,(H,35,37)(H,32,33,34). The van der Waals surface area contributed by atoms with E-state index in [2.05, 4.69) is 51.9 Å². The quantitative estimate of drug-likeness (QED) is 0.290. The molecule has 0 saturated carbocycles. The largest absolute Gasteiger partial charge is 0.490 e. The van der Waals surface area contributed by atoms with E-state index < -0.39 is 6.04 Å². The first-order valence-corrected chi connectivity index (χ1v) is 13.0. The van der Waals surface area contributed by atoms with Gasteiger partial charge in [0.15, 0.2) is 11.5 Å². The van der Waals surface area contributed by atoms with Crippen LogP contribution in [0.2, 0.25) is 0 Å². The number of hydrogen-bond acceptors (Lipinski definition) is 6. The zero-order chi connectivity index (χ0) is 27.5. The summed E-state index contributed by atoms with van der Waals surface area (Å²) in [5.74, 6) is 1.60. The molecule has 0 saturated heterocycles. The topological polar surface area (TPSA) is 90.3 Å². The molecular weight excluding hydrogens is 490 g/mol. The maximum Gasteiger partial charge on any atom is 0.255 e. The van der Waals surface area contributed by atoms with Crippen LogP contribution in [0.1, 0.15) is 47.7 Å². The van der Waals surface area contributed by atoms with Gasteiger partial charge in [0.05, 0.1) is 12.2 Å². The molecule has 200 valence electrons. The lowest BCUT2D eigenvalue weighted by Gasteiger charge is -2.29. The fraction of sp³-hybridized carbons (Fsp3) is 0.258. The van der Waals surface area contributed by atoms with Crippen LogP contribution in [0.3, 0.4) is 0 Å². The van der Waals surface area contributed by atoms with Gasteiger partial charge in [-0.2, -0.15) is 10.1 Å². The Balaban J connectivity index is 1.49. The molecule has 1 amide bonds. The Labute approximate surface area is 228 Å². The lowest BCUT2D eigenvalue weighted by molar-refractivity contribution is -0.113. The van der Waals surface area contributed by atoms with Crippen molar-refractivity contribution in [3.63, 3.8) is 0 Å². The van der Waals surface area contributed by atoms with Crippen molar-refractivity contribution in [3.8, 4) is 11.5 Å². The maximum atomic E-state index is 13.8. The number of rotatable bonds is 8. The third kappa shape index (κ3) is 5.50. The van der Waals surface area contributed by atoms with Crippen LogP contribution in [-0.2, 0) is 11.4 Å². The summed E-state index contributed by atoms with van der Waals surface area (Å²) in [4.78, 5) is 18.1. The molecule has 39 heavy (non-hydrogen) atoms. The minimum absolute atomic E-state index is 0.212. The highest BCUT2D eigenvalue weighted by atomic mass is 16.5. The number of allylic oxidation sites excluding steroid dienone is 1. The summed E-state index contributed by atoms with van der Waals surface area (Å²) in [5.41, 5.74) is 7.26. The number of aryl methyl sites for hydroxylation is 3. The molecule has 8 nitrogen and oxygen atoms in total. The second-order valence-electron chi connectivity index (χ2n) is 9.78. The van der Waals surface area contributed by atoms with Crippen LogP contribution < -0.4 is 20.1 Å². The summed E-state index contributed by atoms with van der Waals surface area (Å²) in [6.45, 7) is 10.8. The number of nitrogens with one attached hydrogen (secondary N) is 2. The highest BCUT2D eigenvalue weighted by Gasteiger charge is 2.34. The molecule has 5 rings (SSSR count). The molecule has 0 bridgehead atoms. The highest BCUT2D eigenvalue weighted by Crippen LogP contribution is 2.39. The fourth-order valence-corrected chi connectivity index (χ4v) is 4.76. The maximum absolute atomic E-state index is 13.8. The van der Waals surface area contributed by atoms with Crippen molar-refractivity contribution in [2.75, 3.05) is 17.2 Å². The lowest BCUT2D eigenvalue weighted by Crippen LogP contribution is -2.31. The van der Waals surface area contributed by atoms with Crippen molar-refractivity contribution in [2.45, 2.75) is 47.3 Å². The van der Waals surface area contributed by atoms with Gasteiger partial charge in [-0.25, -0.2) is 4.68 Å². The van der Waals surface area contributed by atoms with Crippen LogP contribution in [0.5, 0.6) is 11.5 Å². The molecule has 0 spiro atoms. The third-order valence-electron chi connectivity index (χ3n) is 6.77. The van der Waals surface area contributed by atoms with E-state index in [4.69, 9.17) is 9.47 Å². The van der Waals surface area contributed by atoms with Gasteiger partial charge in [0.2, 0.25) is 5.95 Å². The molecule has 1 atom stereocenters. The van der Waals surface area contributed by atoms with Gasteiger partial charge >= 0.3 is 0 Å². The lowest BCUT2D eigenvalue weighted by atomic mass is 9.94. The Hall–Kier alpha value is -4.59. The van der Waals surface area contributed by atoms with Gasteiger partial charge in [0, 0.05) is 11.4 Å². The molecule has 8 heteroatoms. The van der Waals surface area contributed by atoms with Crippen molar-refractivity contribution in [3.05, 3.63) is 106 Å². The van der Waals surface area contributed by atoms with Gasteiger partial charge in [0.1, 0.15) is 19.0 Å². The molecule has 2 heterocycles. The second-order valence-corrected chi connectivity index (χ2v) is 9.78. The summed E-state index contributed by atoms with van der Waals surface area (Å²) in [6.07, 6.45) is 1.48. The van der Waals surface area contributed by atoms with Crippen molar-refractivity contribution in [1.82, 2.24) is 14.8 Å². The van der Waals surface area contributed by atoms with Crippen LogP contribution >= 0.6 is 0 Å². The van der Waals surface area contributed by atoms with E-state index in [1.54, 1.807) is 4.68 Å². The number of carbonyl (C=O) groups is 1. The van der Waals surface area contributed by atoms with Crippen LogP contribution in [0, 0.1) is 20.8 Å². The first-order chi connectivity index (χ1) is 18.8. The van der Waals surface area contributed by atoms with E-state index >= 15 is 0 Å². The number of carbonyl (C=O) groups excluding carboxylic acids is 1. The van der Waals surface area contributed by atoms with E-state index in [-0.39, 0.29) is 5.91 Å². The SMILES string of the molecule is CCOc1cc(C2C(C(=O)Nc3ccc(C)cc3C)=C(C)Nc3ncnn32)ccc1OCc1ccc(C)cc1. The summed E-state index contributed by atoms with van der Waals surface area (Å²) in [5, 5.41) is 10.8. The Morgan fingerprint density at radius 2 is 1.72 bits per heavy atom. The van der Waals surface area contributed by atoms with Gasteiger partial charge in [0.25, 0.3) is 5.91 Å². The van der Waals surface area contributed by atoms with Crippen molar-refractivity contribution < 1.29 is 14.3 Å². The van der Waals surface area contributed by atoms with Crippen LogP contribution in [0.15, 0.2) is 78.3 Å². The number of aromatic nitrogens is 3. The van der Waals surface area contributed by atoms with Crippen LogP contribution in [-0.4, -0.2) is 27.3 Å². The fourth-order valence-electron chi connectivity index (χ4n) is 4.76. The third-order valence-corrected chi connectivity index (χ3v) is 6.77. The summed E-state index contributed by atoms with van der Waals surface area (Å²) in [6, 6.07) is 19.5.